The molecular weight excluding hydrogens is 410 g/mol. The highest BCUT2D eigenvalue weighted by Gasteiger charge is 2.28. The first kappa shape index (κ1) is 20.2. The standard InChI is InChI=1S/C24H23N3O5/c1-30-24(29)15-9-10-19(25-12-15)17-7-4-5-14-11-16(31-22(14)17)13-26-23(28)21-18-6-2-3-8-20(18)32-27-21/h4-5,7,9-10,12,16H,2-3,6,8,11,13H2,1H3,(H,26,28). The number of rotatable bonds is 5. The lowest BCUT2D eigenvalue weighted by atomic mass is 9.96. The van der Waals surface area contributed by atoms with Gasteiger partial charge in [0.25, 0.3) is 5.91 Å². The van der Waals surface area contributed by atoms with Crippen molar-refractivity contribution in [1.29, 1.82) is 0 Å². The summed E-state index contributed by atoms with van der Waals surface area (Å²) < 4.78 is 16.3. The number of pyridine rings is 1. The van der Waals surface area contributed by atoms with Crippen molar-refractivity contribution in [2.24, 2.45) is 0 Å². The van der Waals surface area contributed by atoms with Crippen molar-refractivity contribution in [2.75, 3.05) is 13.7 Å². The molecule has 2 aromatic heterocycles. The van der Waals surface area contributed by atoms with Crippen LogP contribution in [-0.4, -0.2) is 41.8 Å². The SMILES string of the molecule is COC(=O)c1ccc(-c2cccc3c2OC(CNC(=O)c2noc4c2CCCC4)C3)nc1. The zero-order valence-electron chi connectivity index (χ0n) is 17.7. The Morgan fingerprint density at radius 3 is 2.88 bits per heavy atom. The smallest absolute Gasteiger partial charge is 0.339 e. The lowest BCUT2D eigenvalue weighted by molar-refractivity contribution is 0.0600. The summed E-state index contributed by atoms with van der Waals surface area (Å²) in [4.78, 5) is 28.7. The highest BCUT2D eigenvalue weighted by Crippen LogP contribution is 2.38. The Bertz CT molecular complexity index is 1170. The number of fused-ring (bicyclic) bond motifs is 2. The molecule has 3 heterocycles. The molecule has 1 amide bonds. The van der Waals surface area contributed by atoms with E-state index in [-0.39, 0.29) is 12.0 Å². The minimum absolute atomic E-state index is 0.188. The molecule has 1 atom stereocenters. The lowest BCUT2D eigenvalue weighted by Crippen LogP contribution is -2.35. The van der Waals surface area contributed by atoms with Crippen molar-refractivity contribution in [1.82, 2.24) is 15.5 Å². The second kappa shape index (κ2) is 8.45. The van der Waals surface area contributed by atoms with Crippen LogP contribution < -0.4 is 10.1 Å². The van der Waals surface area contributed by atoms with Gasteiger partial charge in [-0.25, -0.2) is 4.79 Å². The topological polar surface area (TPSA) is 104 Å². The molecule has 0 saturated heterocycles. The Morgan fingerprint density at radius 1 is 1.19 bits per heavy atom. The average Bonchev–Trinajstić information content (AvgIpc) is 3.46. The fraction of sp³-hybridized carbons (Fsp3) is 0.333. The summed E-state index contributed by atoms with van der Waals surface area (Å²) in [5.74, 6) is 0.935. The molecule has 0 spiro atoms. The number of hydrogen-bond acceptors (Lipinski definition) is 7. The summed E-state index contributed by atoms with van der Waals surface area (Å²) in [6, 6.07) is 9.35. The summed E-state index contributed by atoms with van der Waals surface area (Å²) in [6.45, 7) is 0.364. The van der Waals surface area contributed by atoms with Gasteiger partial charge in [-0.2, -0.15) is 0 Å². The number of ether oxygens (including phenoxy) is 2. The molecule has 164 valence electrons. The van der Waals surface area contributed by atoms with E-state index in [2.05, 4.69) is 15.5 Å². The van der Waals surface area contributed by atoms with Crippen LogP contribution in [0.1, 0.15) is 50.6 Å². The van der Waals surface area contributed by atoms with E-state index in [4.69, 9.17) is 14.0 Å². The van der Waals surface area contributed by atoms with E-state index >= 15 is 0 Å². The van der Waals surface area contributed by atoms with Crippen LogP contribution in [0.15, 0.2) is 41.1 Å². The van der Waals surface area contributed by atoms with Crippen molar-refractivity contribution in [3.8, 4) is 17.0 Å². The molecule has 0 bridgehead atoms. The molecule has 1 aromatic carbocycles. The number of carbonyl (C=O) groups is 2. The number of carbonyl (C=O) groups excluding carboxylic acids is 2. The molecule has 2 aliphatic rings. The van der Waals surface area contributed by atoms with Gasteiger partial charge in [-0.15, -0.1) is 0 Å². The molecule has 1 aliphatic heterocycles. The van der Waals surface area contributed by atoms with Gasteiger partial charge in [0.2, 0.25) is 0 Å². The maximum absolute atomic E-state index is 12.7. The molecule has 8 heteroatoms. The summed E-state index contributed by atoms with van der Waals surface area (Å²) in [6.07, 6.45) is 5.78. The van der Waals surface area contributed by atoms with Crippen molar-refractivity contribution < 1.29 is 23.6 Å². The summed E-state index contributed by atoms with van der Waals surface area (Å²) in [7, 11) is 1.34. The molecule has 0 fully saturated rings. The van der Waals surface area contributed by atoms with Crippen LogP contribution in [0.5, 0.6) is 5.75 Å². The van der Waals surface area contributed by atoms with Crippen LogP contribution in [-0.2, 0) is 24.0 Å². The zero-order valence-corrected chi connectivity index (χ0v) is 17.7. The van der Waals surface area contributed by atoms with Gasteiger partial charge in [0.15, 0.2) is 5.69 Å². The van der Waals surface area contributed by atoms with Crippen molar-refractivity contribution in [3.63, 3.8) is 0 Å². The van der Waals surface area contributed by atoms with Gasteiger partial charge in [-0.3, -0.25) is 9.78 Å². The molecule has 1 N–H and O–H groups in total. The first-order valence-electron chi connectivity index (χ1n) is 10.7. The minimum Gasteiger partial charge on any atom is -0.487 e. The number of hydrogen-bond donors (Lipinski definition) is 1. The lowest BCUT2D eigenvalue weighted by Gasteiger charge is -2.14. The van der Waals surface area contributed by atoms with E-state index in [9.17, 15) is 9.59 Å². The van der Waals surface area contributed by atoms with E-state index in [0.717, 1.165) is 53.9 Å². The Hall–Kier alpha value is -3.68. The second-order valence-electron chi connectivity index (χ2n) is 8.01. The molecule has 5 rings (SSSR count). The van der Waals surface area contributed by atoms with Crippen LogP contribution in [0.25, 0.3) is 11.3 Å². The predicted molar refractivity (Wildman–Crippen MR) is 115 cm³/mol. The van der Waals surface area contributed by atoms with Gasteiger partial charge in [-0.1, -0.05) is 17.3 Å². The van der Waals surface area contributed by atoms with Crippen LogP contribution in [0.2, 0.25) is 0 Å². The number of nitrogens with zero attached hydrogens (tertiary/aromatic N) is 2. The number of para-hydroxylation sites is 1. The minimum atomic E-state index is -0.428. The number of methoxy groups -OCH3 is 1. The largest absolute Gasteiger partial charge is 0.487 e. The van der Waals surface area contributed by atoms with E-state index in [1.807, 2.05) is 18.2 Å². The molecule has 0 saturated carbocycles. The predicted octanol–water partition coefficient (Wildman–Crippen LogP) is 3.14. The summed E-state index contributed by atoms with van der Waals surface area (Å²) in [5.41, 5.74) is 4.32. The van der Waals surface area contributed by atoms with E-state index in [1.165, 1.54) is 13.3 Å². The van der Waals surface area contributed by atoms with Gasteiger partial charge in [0, 0.05) is 30.2 Å². The summed E-state index contributed by atoms with van der Waals surface area (Å²) in [5, 5.41) is 6.94. The summed E-state index contributed by atoms with van der Waals surface area (Å²) >= 11 is 0. The number of aryl methyl sites for hydroxylation is 1. The Kier molecular flexibility index (Phi) is 5.34. The zero-order chi connectivity index (χ0) is 22.1. The Labute approximate surface area is 184 Å². The van der Waals surface area contributed by atoms with Crippen LogP contribution in [0.3, 0.4) is 0 Å². The van der Waals surface area contributed by atoms with E-state index < -0.39 is 5.97 Å². The Balaban J connectivity index is 1.27. The van der Waals surface area contributed by atoms with Gasteiger partial charge in [0.05, 0.1) is 24.9 Å². The number of benzene rings is 1. The maximum Gasteiger partial charge on any atom is 0.339 e. The highest BCUT2D eigenvalue weighted by molar-refractivity contribution is 5.94. The third-order valence-corrected chi connectivity index (χ3v) is 5.94. The van der Waals surface area contributed by atoms with Crippen LogP contribution in [0.4, 0.5) is 0 Å². The maximum atomic E-state index is 12.7. The fourth-order valence-corrected chi connectivity index (χ4v) is 4.30. The average molecular weight is 433 g/mol. The fourth-order valence-electron chi connectivity index (χ4n) is 4.30. The molecule has 1 unspecified atom stereocenters. The van der Waals surface area contributed by atoms with Gasteiger partial charge in [0.1, 0.15) is 17.6 Å². The van der Waals surface area contributed by atoms with Crippen molar-refractivity contribution in [2.45, 2.75) is 38.2 Å². The number of amides is 1. The number of aromatic nitrogens is 2. The molecule has 3 aromatic rings. The normalized spacial score (nSPS) is 16.6. The molecule has 32 heavy (non-hydrogen) atoms. The highest BCUT2D eigenvalue weighted by atomic mass is 16.5. The molecule has 1 aliphatic carbocycles. The number of esters is 1. The monoisotopic (exact) mass is 433 g/mol. The molecule has 8 nitrogen and oxygen atoms in total. The Morgan fingerprint density at radius 2 is 2.06 bits per heavy atom. The third-order valence-electron chi connectivity index (χ3n) is 5.94. The van der Waals surface area contributed by atoms with Crippen LogP contribution in [0, 0.1) is 0 Å². The van der Waals surface area contributed by atoms with Gasteiger partial charge < -0.3 is 19.3 Å². The van der Waals surface area contributed by atoms with E-state index in [1.54, 1.807) is 12.1 Å². The molecular formula is C24H23N3O5. The third kappa shape index (κ3) is 3.72. The number of nitrogens with one attached hydrogen (secondary N) is 1. The van der Waals surface area contributed by atoms with Crippen molar-refractivity contribution in [3.05, 3.63) is 64.7 Å². The van der Waals surface area contributed by atoms with Crippen LogP contribution >= 0.6 is 0 Å². The first-order chi connectivity index (χ1) is 15.6. The quantitative estimate of drug-likeness (QED) is 0.617. The first-order valence-corrected chi connectivity index (χ1v) is 10.7. The molecule has 0 radical (unpaired) electrons. The van der Waals surface area contributed by atoms with Gasteiger partial charge in [-0.05, 0) is 43.0 Å². The van der Waals surface area contributed by atoms with Gasteiger partial charge >= 0.3 is 5.97 Å². The van der Waals surface area contributed by atoms with E-state index in [0.29, 0.717) is 29.9 Å². The second-order valence-corrected chi connectivity index (χ2v) is 8.01. The van der Waals surface area contributed by atoms with Crippen molar-refractivity contribution >= 4 is 11.9 Å².